The number of carbonyl (C=O) groups is 2. The van der Waals surface area contributed by atoms with E-state index in [0.29, 0.717) is 16.3 Å². The molecule has 0 radical (unpaired) electrons. The van der Waals surface area contributed by atoms with Crippen molar-refractivity contribution >= 4 is 46.1 Å². The highest BCUT2D eigenvalue weighted by molar-refractivity contribution is 7.16. The van der Waals surface area contributed by atoms with E-state index >= 15 is 0 Å². The van der Waals surface area contributed by atoms with E-state index in [1.807, 2.05) is 43.3 Å². The van der Waals surface area contributed by atoms with Crippen LogP contribution in [0.3, 0.4) is 0 Å². The number of benzene rings is 1. The summed E-state index contributed by atoms with van der Waals surface area (Å²) in [5.74, 6) is -1.62. The molecule has 0 unspecified atom stereocenters. The molecule has 0 amide bonds. The van der Waals surface area contributed by atoms with Crippen LogP contribution in [0, 0.1) is 11.8 Å². The van der Waals surface area contributed by atoms with Crippen LogP contribution in [0.4, 0.5) is 11.4 Å². The molecule has 140 valence electrons. The van der Waals surface area contributed by atoms with Crippen molar-refractivity contribution in [2.75, 3.05) is 17.7 Å². The zero-order valence-corrected chi connectivity index (χ0v) is 16.5. The Bertz CT molecular complexity index is 952. The molecule has 3 atom stereocenters. The normalized spacial score (nSPS) is 24.3. The Morgan fingerprint density at radius 2 is 1.96 bits per heavy atom. The third-order valence-corrected chi connectivity index (χ3v) is 6.40. The zero-order valence-electron chi connectivity index (χ0n) is 14.9. The Balaban J connectivity index is 1.86. The number of rotatable bonds is 2. The first-order chi connectivity index (χ1) is 13.0. The Morgan fingerprint density at radius 3 is 2.63 bits per heavy atom. The smallest absolute Gasteiger partial charge is 0.316 e. The fourth-order valence-corrected chi connectivity index (χ4v) is 4.95. The zero-order chi connectivity index (χ0) is 19.1. The molecule has 1 aromatic heterocycles. The predicted octanol–water partition coefficient (Wildman–Crippen LogP) is 4.63. The summed E-state index contributed by atoms with van der Waals surface area (Å²) in [5, 5.41) is 6.89. The molecule has 7 heteroatoms. The molecule has 1 aromatic carbocycles. The molecule has 5 nitrogen and oxygen atoms in total. The summed E-state index contributed by atoms with van der Waals surface area (Å²) in [6.07, 6.45) is 0.590. The van der Waals surface area contributed by atoms with Gasteiger partial charge in [0.15, 0.2) is 5.78 Å². The second-order valence-corrected chi connectivity index (χ2v) is 8.58. The maximum atomic E-state index is 13.4. The van der Waals surface area contributed by atoms with Crippen molar-refractivity contribution in [3.8, 4) is 0 Å². The predicted molar refractivity (Wildman–Crippen MR) is 107 cm³/mol. The molecule has 4 rings (SSSR count). The van der Waals surface area contributed by atoms with Crippen molar-refractivity contribution in [1.29, 1.82) is 0 Å². The van der Waals surface area contributed by atoms with Gasteiger partial charge in [0.25, 0.3) is 0 Å². The van der Waals surface area contributed by atoms with E-state index in [0.717, 1.165) is 21.9 Å². The number of nitrogens with one attached hydrogen (secondary N) is 2. The highest BCUT2D eigenvalue weighted by Gasteiger charge is 2.44. The lowest BCUT2D eigenvalue weighted by molar-refractivity contribution is -0.151. The highest BCUT2D eigenvalue weighted by Crippen LogP contribution is 2.45. The van der Waals surface area contributed by atoms with E-state index < -0.39 is 11.9 Å². The van der Waals surface area contributed by atoms with Crippen molar-refractivity contribution in [3.05, 3.63) is 56.9 Å². The lowest BCUT2D eigenvalue weighted by atomic mass is 9.75. The maximum absolute atomic E-state index is 13.4. The van der Waals surface area contributed by atoms with Crippen LogP contribution in [0.2, 0.25) is 4.34 Å². The van der Waals surface area contributed by atoms with Gasteiger partial charge in [-0.15, -0.1) is 11.3 Å². The van der Waals surface area contributed by atoms with Gasteiger partial charge in [-0.05, 0) is 36.6 Å². The summed E-state index contributed by atoms with van der Waals surface area (Å²) in [4.78, 5) is 26.6. The lowest BCUT2D eigenvalue weighted by Gasteiger charge is -2.32. The summed E-state index contributed by atoms with van der Waals surface area (Å²) in [7, 11) is 1.32. The van der Waals surface area contributed by atoms with Gasteiger partial charge in [0.2, 0.25) is 0 Å². The van der Waals surface area contributed by atoms with Gasteiger partial charge in [-0.25, -0.2) is 0 Å². The molecule has 2 heterocycles. The van der Waals surface area contributed by atoms with Crippen molar-refractivity contribution in [3.63, 3.8) is 0 Å². The molecule has 0 saturated carbocycles. The first-order valence-electron chi connectivity index (χ1n) is 8.72. The van der Waals surface area contributed by atoms with Gasteiger partial charge in [0, 0.05) is 16.1 Å². The Kier molecular flexibility index (Phi) is 4.70. The molecule has 2 aliphatic rings. The number of methoxy groups -OCH3 is 1. The van der Waals surface area contributed by atoms with Gasteiger partial charge < -0.3 is 15.4 Å². The Labute approximate surface area is 166 Å². The number of ether oxygens (including phenoxy) is 1. The highest BCUT2D eigenvalue weighted by atomic mass is 35.5. The van der Waals surface area contributed by atoms with E-state index in [4.69, 9.17) is 16.3 Å². The van der Waals surface area contributed by atoms with E-state index in [-0.39, 0.29) is 17.7 Å². The third-order valence-electron chi connectivity index (χ3n) is 5.10. The van der Waals surface area contributed by atoms with Gasteiger partial charge in [0.05, 0.1) is 28.9 Å². The monoisotopic (exact) mass is 402 g/mol. The number of anilines is 2. The lowest BCUT2D eigenvalue weighted by Crippen LogP contribution is -2.39. The van der Waals surface area contributed by atoms with Crippen LogP contribution in [0.15, 0.2) is 47.7 Å². The van der Waals surface area contributed by atoms with Crippen molar-refractivity contribution in [1.82, 2.24) is 0 Å². The van der Waals surface area contributed by atoms with Crippen LogP contribution >= 0.6 is 22.9 Å². The molecule has 2 aromatic rings. The average Bonchev–Trinajstić information content (AvgIpc) is 3.00. The quantitative estimate of drug-likeness (QED) is 0.566. The topological polar surface area (TPSA) is 67.4 Å². The molecule has 0 bridgehead atoms. The van der Waals surface area contributed by atoms with Gasteiger partial charge >= 0.3 is 5.97 Å². The number of ketones is 1. The van der Waals surface area contributed by atoms with E-state index in [2.05, 4.69) is 10.6 Å². The first-order valence-corrected chi connectivity index (χ1v) is 9.92. The summed E-state index contributed by atoms with van der Waals surface area (Å²) < 4.78 is 5.56. The number of Topliss-reactive ketones (excluding diaryl/α,β-unsaturated/α-hetero) is 1. The van der Waals surface area contributed by atoms with Gasteiger partial charge in [-0.1, -0.05) is 30.7 Å². The fourth-order valence-electron chi connectivity index (χ4n) is 3.83. The number of hydrogen-bond donors (Lipinski definition) is 2. The van der Waals surface area contributed by atoms with Crippen LogP contribution in [0.1, 0.15) is 24.3 Å². The number of fused-ring (bicyclic) bond motifs is 1. The van der Waals surface area contributed by atoms with Gasteiger partial charge in [-0.2, -0.15) is 0 Å². The second-order valence-electron chi connectivity index (χ2n) is 6.83. The fraction of sp³-hybridized carbons (Fsp3) is 0.300. The second kappa shape index (κ2) is 7.02. The van der Waals surface area contributed by atoms with Crippen LogP contribution in [0.5, 0.6) is 0 Å². The number of halogens is 1. The largest absolute Gasteiger partial charge is 0.468 e. The van der Waals surface area contributed by atoms with Gasteiger partial charge in [-0.3, -0.25) is 9.59 Å². The molecule has 27 heavy (non-hydrogen) atoms. The number of carbonyl (C=O) groups excluding carboxylic acids is 2. The van der Waals surface area contributed by atoms with Crippen molar-refractivity contribution < 1.29 is 14.3 Å². The molecule has 0 spiro atoms. The number of hydrogen-bond acceptors (Lipinski definition) is 6. The van der Waals surface area contributed by atoms with Crippen LogP contribution in [-0.4, -0.2) is 18.9 Å². The SMILES string of the molecule is COC(=O)[C@H]1C(=O)C2=C(C[C@@H]1C)Nc1ccccc1N[C@H]2c1ccc(Cl)s1. The van der Waals surface area contributed by atoms with Crippen LogP contribution in [-0.2, 0) is 14.3 Å². The summed E-state index contributed by atoms with van der Waals surface area (Å²) in [5.41, 5.74) is 3.24. The molecule has 2 N–H and O–H groups in total. The first kappa shape index (κ1) is 18.1. The molecule has 1 aliphatic carbocycles. The maximum Gasteiger partial charge on any atom is 0.316 e. The average molecular weight is 403 g/mol. The number of esters is 1. The Hall–Kier alpha value is -2.31. The number of thiophene rings is 1. The number of para-hydroxylation sites is 2. The summed E-state index contributed by atoms with van der Waals surface area (Å²) in [6.45, 7) is 1.91. The minimum Gasteiger partial charge on any atom is -0.468 e. The summed E-state index contributed by atoms with van der Waals surface area (Å²) >= 11 is 7.58. The Morgan fingerprint density at radius 1 is 1.22 bits per heavy atom. The van der Waals surface area contributed by atoms with E-state index in [1.54, 1.807) is 0 Å². The number of allylic oxidation sites excluding steroid dienone is 1. The van der Waals surface area contributed by atoms with Crippen molar-refractivity contribution in [2.24, 2.45) is 11.8 Å². The minimum absolute atomic E-state index is 0.144. The van der Waals surface area contributed by atoms with Crippen LogP contribution in [0.25, 0.3) is 0 Å². The molecule has 0 saturated heterocycles. The molecular formula is C20H19ClN2O3S. The molecular weight excluding hydrogens is 384 g/mol. The van der Waals surface area contributed by atoms with Crippen molar-refractivity contribution in [2.45, 2.75) is 19.4 Å². The third kappa shape index (κ3) is 3.13. The van der Waals surface area contributed by atoms with E-state index in [1.165, 1.54) is 18.4 Å². The molecule has 0 fully saturated rings. The van der Waals surface area contributed by atoms with Crippen LogP contribution < -0.4 is 10.6 Å². The minimum atomic E-state index is -0.795. The summed E-state index contributed by atoms with van der Waals surface area (Å²) in [6, 6.07) is 11.2. The van der Waals surface area contributed by atoms with Gasteiger partial charge in [0.1, 0.15) is 5.92 Å². The van der Waals surface area contributed by atoms with E-state index in [9.17, 15) is 9.59 Å². The molecule has 1 aliphatic heterocycles. The standard InChI is InChI=1S/C20H19ClN2O3S/c1-10-9-13-17(19(24)16(10)20(25)26-2)18(14-7-8-15(21)27-14)23-12-6-4-3-5-11(12)22-13/h3-8,10,16,18,22-23H,9H2,1-2H3/t10-,16+,18-/m0/s1.